The van der Waals surface area contributed by atoms with Crippen molar-refractivity contribution in [2.75, 3.05) is 0 Å². The largest absolute Gasteiger partial charge is 0.487 e. The second-order valence-corrected chi connectivity index (χ2v) is 5.46. The number of benzene rings is 1. The van der Waals surface area contributed by atoms with Crippen molar-refractivity contribution in [2.45, 2.75) is 52.7 Å². The maximum absolute atomic E-state index is 12.4. The predicted molar refractivity (Wildman–Crippen MR) is 67.5 cm³/mol. The summed E-state index contributed by atoms with van der Waals surface area (Å²) in [5.41, 5.74) is 0.797. The Hall–Kier alpha value is -1.32. The molecule has 0 fully saturated rings. The first-order valence-electron chi connectivity index (χ1n) is 5.96. The SMILES string of the molecule is CC(C)Oc1ccc(C(C)(C)C)cc1OC(F)F. The summed E-state index contributed by atoms with van der Waals surface area (Å²) < 4.78 is 34.8. The lowest BCUT2D eigenvalue weighted by Gasteiger charge is -2.22. The minimum atomic E-state index is -2.85. The van der Waals surface area contributed by atoms with E-state index < -0.39 is 6.61 Å². The molecule has 0 aromatic heterocycles. The zero-order valence-corrected chi connectivity index (χ0v) is 11.5. The van der Waals surface area contributed by atoms with Gasteiger partial charge in [-0.3, -0.25) is 0 Å². The first-order valence-corrected chi connectivity index (χ1v) is 5.96. The summed E-state index contributed by atoms with van der Waals surface area (Å²) >= 11 is 0. The van der Waals surface area contributed by atoms with Crippen molar-refractivity contribution in [3.8, 4) is 11.5 Å². The van der Waals surface area contributed by atoms with Crippen LogP contribution in [-0.4, -0.2) is 12.7 Å². The summed E-state index contributed by atoms with van der Waals surface area (Å²) in [4.78, 5) is 0. The molecule has 1 rings (SSSR count). The van der Waals surface area contributed by atoms with Crippen LogP contribution in [-0.2, 0) is 5.41 Å². The Kier molecular flexibility index (Phi) is 4.54. The molecule has 0 amide bonds. The Morgan fingerprint density at radius 2 is 1.61 bits per heavy atom. The maximum atomic E-state index is 12.4. The summed E-state index contributed by atoms with van der Waals surface area (Å²) in [7, 11) is 0. The first kappa shape index (κ1) is 14.7. The minimum Gasteiger partial charge on any atom is -0.487 e. The molecule has 18 heavy (non-hydrogen) atoms. The lowest BCUT2D eigenvalue weighted by atomic mass is 9.87. The molecule has 0 saturated heterocycles. The molecule has 102 valence electrons. The lowest BCUT2D eigenvalue weighted by Crippen LogP contribution is -2.14. The van der Waals surface area contributed by atoms with Gasteiger partial charge in [-0.15, -0.1) is 0 Å². The molecular weight excluding hydrogens is 238 g/mol. The summed E-state index contributed by atoms with van der Waals surface area (Å²) in [5.74, 6) is 0.435. The highest BCUT2D eigenvalue weighted by Crippen LogP contribution is 2.34. The Morgan fingerprint density at radius 3 is 2.06 bits per heavy atom. The molecule has 0 spiro atoms. The monoisotopic (exact) mass is 258 g/mol. The Balaban J connectivity index is 3.12. The number of halogens is 2. The average molecular weight is 258 g/mol. The normalized spacial score (nSPS) is 12.1. The number of hydrogen-bond donors (Lipinski definition) is 0. The zero-order valence-electron chi connectivity index (χ0n) is 11.5. The molecule has 0 radical (unpaired) electrons. The quantitative estimate of drug-likeness (QED) is 0.798. The summed E-state index contributed by atoms with van der Waals surface area (Å²) in [6.45, 7) is 6.86. The topological polar surface area (TPSA) is 18.5 Å². The van der Waals surface area contributed by atoms with Crippen LogP contribution in [0.2, 0.25) is 0 Å². The van der Waals surface area contributed by atoms with Gasteiger partial charge in [-0.2, -0.15) is 8.78 Å². The van der Waals surface area contributed by atoms with Crippen LogP contribution in [0, 0.1) is 0 Å². The van der Waals surface area contributed by atoms with E-state index >= 15 is 0 Å². The van der Waals surface area contributed by atoms with Gasteiger partial charge < -0.3 is 9.47 Å². The third-order valence-electron chi connectivity index (χ3n) is 2.39. The van der Waals surface area contributed by atoms with Crippen LogP contribution < -0.4 is 9.47 Å². The van der Waals surface area contributed by atoms with Crippen LogP contribution in [0.3, 0.4) is 0 Å². The molecular formula is C14H20F2O2. The highest BCUT2D eigenvalue weighted by Gasteiger charge is 2.19. The van der Waals surface area contributed by atoms with Gasteiger partial charge in [0.15, 0.2) is 11.5 Å². The van der Waals surface area contributed by atoms with E-state index in [9.17, 15) is 8.78 Å². The molecule has 1 aromatic rings. The number of rotatable bonds is 4. The molecule has 0 atom stereocenters. The number of hydrogen-bond acceptors (Lipinski definition) is 2. The predicted octanol–water partition coefficient (Wildman–Crippen LogP) is 4.37. The molecule has 0 bridgehead atoms. The smallest absolute Gasteiger partial charge is 0.387 e. The van der Waals surface area contributed by atoms with E-state index in [1.165, 1.54) is 0 Å². The van der Waals surface area contributed by atoms with Gasteiger partial charge in [0.1, 0.15) is 0 Å². The van der Waals surface area contributed by atoms with Gasteiger partial charge in [0.2, 0.25) is 0 Å². The number of ether oxygens (including phenoxy) is 2. The second-order valence-electron chi connectivity index (χ2n) is 5.46. The van der Waals surface area contributed by atoms with Gasteiger partial charge in [-0.1, -0.05) is 26.8 Å². The van der Waals surface area contributed by atoms with Crippen LogP contribution in [0.15, 0.2) is 18.2 Å². The highest BCUT2D eigenvalue weighted by molar-refractivity contribution is 5.45. The van der Waals surface area contributed by atoms with Crippen LogP contribution >= 0.6 is 0 Å². The van der Waals surface area contributed by atoms with E-state index in [-0.39, 0.29) is 17.3 Å². The molecule has 0 aliphatic rings. The van der Waals surface area contributed by atoms with Crippen molar-refractivity contribution in [3.63, 3.8) is 0 Å². The highest BCUT2D eigenvalue weighted by atomic mass is 19.3. The van der Waals surface area contributed by atoms with Crippen LogP contribution in [0.5, 0.6) is 11.5 Å². The summed E-state index contributed by atoms with van der Waals surface area (Å²) in [5, 5.41) is 0. The fraction of sp³-hybridized carbons (Fsp3) is 0.571. The van der Waals surface area contributed by atoms with E-state index in [0.717, 1.165) is 5.56 Å². The van der Waals surface area contributed by atoms with Gasteiger partial charge in [0.05, 0.1) is 6.10 Å². The molecule has 0 unspecified atom stereocenters. The Bertz CT molecular complexity index is 395. The van der Waals surface area contributed by atoms with E-state index in [4.69, 9.17) is 4.74 Å². The molecule has 0 N–H and O–H groups in total. The van der Waals surface area contributed by atoms with Crippen molar-refractivity contribution in [1.29, 1.82) is 0 Å². The fourth-order valence-corrected chi connectivity index (χ4v) is 1.51. The molecule has 0 aliphatic carbocycles. The van der Waals surface area contributed by atoms with Gasteiger partial charge in [0, 0.05) is 0 Å². The van der Waals surface area contributed by atoms with Crippen LogP contribution in [0.1, 0.15) is 40.2 Å². The molecule has 0 heterocycles. The summed E-state index contributed by atoms with van der Waals surface area (Å²) in [6.07, 6.45) is -0.0921. The lowest BCUT2D eigenvalue weighted by molar-refractivity contribution is -0.0519. The van der Waals surface area contributed by atoms with Gasteiger partial charge in [-0.05, 0) is 37.0 Å². The Morgan fingerprint density at radius 1 is 1.00 bits per heavy atom. The summed E-state index contributed by atoms with van der Waals surface area (Å²) in [6, 6.07) is 5.16. The van der Waals surface area contributed by atoms with Gasteiger partial charge in [0.25, 0.3) is 0 Å². The van der Waals surface area contributed by atoms with E-state index in [1.807, 2.05) is 40.7 Å². The fourth-order valence-electron chi connectivity index (χ4n) is 1.51. The minimum absolute atomic E-state index is 0.0890. The molecule has 0 saturated carbocycles. The molecule has 1 aromatic carbocycles. The van der Waals surface area contributed by atoms with Crippen LogP contribution in [0.4, 0.5) is 8.78 Å². The van der Waals surface area contributed by atoms with E-state index in [2.05, 4.69) is 4.74 Å². The van der Waals surface area contributed by atoms with Gasteiger partial charge >= 0.3 is 6.61 Å². The Labute approximate surface area is 107 Å². The van der Waals surface area contributed by atoms with Gasteiger partial charge in [-0.25, -0.2) is 0 Å². The standard InChI is InChI=1S/C14H20F2O2/c1-9(2)17-11-7-6-10(14(3,4)5)8-12(11)18-13(15)16/h6-9,13H,1-5H3. The first-order chi connectivity index (χ1) is 8.20. The van der Waals surface area contributed by atoms with Crippen molar-refractivity contribution >= 4 is 0 Å². The van der Waals surface area contributed by atoms with Crippen molar-refractivity contribution in [3.05, 3.63) is 23.8 Å². The zero-order chi connectivity index (χ0) is 13.9. The van der Waals surface area contributed by atoms with Crippen LogP contribution in [0.25, 0.3) is 0 Å². The third kappa shape index (κ3) is 4.17. The third-order valence-corrected chi connectivity index (χ3v) is 2.39. The van der Waals surface area contributed by atoms with E-state index in [0.29, 0.717) is 5.75 Å². The molecule has 2 nitrogen and oxygen atoms in total. The molecule has 0 aliphatic heterocycles. The second kappa shape index (κ2) is 5.55. The van der Waals surface area contributed by atoms with Crippen molar-refractivity contribution in [1.82, 2.24) is 0 Å². The van der Waals surface area contributed by atoms with Crippen molar-refractivity contribution < 1.29 is 18.3 Å². The van der Waals surface area contributed by atoms with E-state index in [1.54, 1.807) is 12.1 Å². The maximum Gasteiger partial charge on any atom is 0.387 e. The average Bonchev–Trinajstić information content (AvgIpc) is 2.17. The van der Waals surface area contributed by atoms with Crippen molar-refractivity contribution in [2.24, 2.45) is 0 Å². The number of alkyl halides is 2. The molecule has 4 heteroatoms.